The van der Waals surface area contributed by atoms with Crippen LogP contribution in [0.5, 0.6) is 0 Å². The molecule has 0 spiro atoms. The number of likely N-dealkylation sites (N-methyl/N-ethyl adjacent to an activating group) is 1. The zero-order chi connectivity index (χ0) is 23.2. The van der Waals surface area contributed by atoms with Crippen LogP contribution in [0.2, 0.25) is 0 Å². The number of ether oxygens (including phenoxy) is 1. The number of unbranched alkanes of at least 4 members (excludes halogenated alkanes) is 1. The number of hydrogen-bond donors (Lipinski definition) is 2. The number of nitrogens with one attached hydrogen (secondary N) is 1. The van der Waals surface area contributed by atoms with Crippen LogP contribution in [0.15, 0.2) is 0 Å². The number of amides is 3. The largest absolute Gasteiger partial charge is 0.480 e. The second kappa shape index (κ2) is 10.6. The van der Waals surface area contributed by atoms with Crippen molar-refractivity contribution in [3.8, 4) is 0 Å². The molecule has 2 N–H and O–H groups in total. The van der Waals surface area contributed by atoms with Crippen molar-refractivity contribution in [3.05, 3.63) is 0 Å². The number of rotatable bonds is 8. The Morgan fingerprint density at radius 2 is 1.83 bits per heavy atom. The average molecular weight is 428 g/mol. The molecule has 1 fully saturated rings. The van der Waals surface area contributed by atoms with Gasteiger partial charge in [0.25, 0.3) is 0 Å². The van der Waals surface area contributed by atoms with E-state index in [1.165, 1.54) is 16.8 Å². The lowest BCUT2D eigenvalue weighted by Gasteiger charge is -2.32. The highest BCUT2D eigenvalue weighted by Gasteiger charge is 2.41. The molecule has 0 aromatic carbocycles. The summed E-state index contributed by atoms with van der Waals surface area (Å²) in [6.45, 7) is 10.6. The third kappa shape index (κ3) is 6.88. The first kappa shape index (κ1) is 25.7. The molecule has 4 atom stereocenters. The van der Waals surface area contributed by atoms with E-state index in [9.17, 15) is 24.3 Å². The van der Waals surface area contributed by atoms with Gasteiger partial charge in [0.1, 0.15) is 23.7 Å². The maximum atomic E-state index is 13.2. The maximum Gasteiger partial charge on any atom is 0.410 e. The van der Waals surface area contributed by atoms with Gasteiger partial charge >= 0.3 is 12.1 Å². The summed E-state index contributed by atoms with van der Waals surface area (Å²) in [5.74, 6) is -1.91. The molecule has 1 aliphatic heterocycles. The van der Waals surface area contributed by atoms with Crippen LogP contribution in [0.4, 0.5) is 4.79 Å². The summed E-state index contributed by atoms with van der Waals surface area (Å²) in [4.78, 5) is 52.3. The number of aliphatic carboxylic acids is 1. The van der Waals surface area contributed by atoms with Gasteiger partial charge in [-0.2, -0.15) is 0 Å². The van der Waals surface area contributed by atoms with E-state index < -0.39 is 41.7 Å². The monoisotopic (exact) mass is 427 g/mol. The molecule has 0 aromatic rings. The molecule has 0 unspecified atom stereocenters. The molecule has 1 rings (SSSR count). The Morgan fingerprint density at radius 3 is 2.33 bits per heavy atom. The molecule has 3 amide bonds. The van der Waals surface area contributed by atoms with Crippen molar-refractivity contribution >= 4 is 23.9 Å². The minimum Gasteiger partial charge on any atom is -0.480 e. The first-order valence-electron chi connectivity index (χ1n) is 10.6. The molecule has 0 radical (unpaired) electrons. The first-order valence-corrected chi connectivity index (χ1v) is 10.6. The molecule has 9 nitrogen and oxygen atoms in total. The predicted molar refractivity (Wildman–Crippen MR) is 112 cm³/mol. The van der Waals surface area contributed by atoms with Crippen molar-refractivity contribution in [3.63, 3.8) is 0 Å². The standard InChI is InChI=1S/C21H37N3O6/c1-8-9-10-15(18(26)24-13(2)11-12-16(24)19(27)28)22-17(25)14(3)23(7)20(29)30-21(4,5)6/h13-16H,8-12H2,1-7H3,(H,22,25)(H,27,28)/t13-,14-,15-,16-/m0/s1. The van der Waals surface area contributed by atoms with E-state index in [0.717, 1.165) is 6.42 Å². The van der Waals surface area contributed by atoms with Gasteiger partial charge in [0.2, 0.25) is 11.8 Å². The van der Waals surface area contributed by atoms with Crippen LogP contribution in [0.1, 0.15) is 73.6 Å². The number of carboxylic acids is 1. The van der Waals surface area contributed by atoms with Crippen molar-refractivity contribution in [1.82, 2.24) is 15.1 Å². The topological polar surface area (TPSA) is 116 Å². The zero-order valence-electron chi connectivity index (χ0n) is 19.2. The number of carbonyl (C=O) groups is 4. The number of carbonyl (C=O) groups excluding carboxylic acids is 3. The summed E-state index contributed by atoms with van der Waals surface area (Å²) in [5, 5.41) is 12.2. The van der Waals surface area contributed by atoms with Gasteiger partial charge in [-0.15, -0.1) is 0 Å². The Morgan fingerprint density at radius 1 is 1.23 bits per heavy atom. The SMILES string of the molecule is CCCC[C@H](NC(=O)[C@H](C)N(C)C(=O)OC(C)(C)C)C(=O)N1[C@@H](C)CC[C@H]1C(=O)O. The summed E-state index contributed by atoms with van der Waals surface area (Å²) >= 11 is 0. The molecule has 0 aromatic heterocycles. The number of nitrogens with zero attached hydrogens (tertiary/aromatic N) is 2. The van der Waals surface area contributed by atoms with Crippen LogP contribution in [0.3, 0.4) is 0 Å². The van der Waals surface area contributed by atoms with E-state index >= 15 is 0 Å². The van der Waals surface area contributed by atoms with Crippen molar-refractivity contribution < 1.29 is 29.0 Å². The maximum absolute atomic E-state index is 13.2. The molecule has 172 valence electrons. The van der Waals surface area contributed by atoms with Crippen LogP contribution >= 0.6 is 0 Å². The second-order valence-corrected chi connectivity index (χ2v) is 9.00. The van der Waals surface area contributed by atoms with E-state index in [2.05, 4.69) is 5.32 Å². The number of likely N-dealkylation sites (tertiary alicyclic amines) is 1. The summed E-state index contributed by atoms with van der Waals surface area (Å²) in [6.07, 6.45) is 2.29. The quantitative estimate of drug-likeness (QED) is 0.614. The number of hydrogen-bond acceptors (Lipinski definition) is 5. The van der Waals surface area contributed by atoms with Crippen LogP contribution in [-0.4, -0.2) is 75.6 Å². The molecule has 0 saturated carbocycles. The highest BCUT2D eigenvalue weighted by Crippen LogP contribution is 2.26. The average Bonchev–Trinajstić information content (AvgIpc) is 3.03. The highest BCUT2D eigenvalue weighted by molar-refractivity contribution is 5.93. The van der Waals surface area contributed by atoms with Gasteiger partial charge in [0.15, 0.2) is 0 Å². The Labute approximate surface area is 179 Å². The number of carboxylic acid groups (broad SMARTS) is 1. The molecule has 30 heavy (non-hydrogen) atoms. The van der Waals surface area contributed by atoms with E-state index in [-0.39, 0.29) is 11.9 Å². The van der Waals surface area contributed by atoms with E-state index in [1.807, 2.05) is 13.8 Å². The summed E-state index contributed by atoms with van der Waals surface area (Å²) in [7, 11) is 1.46. The Kier molecular flexibility index (Phi) is 9.11. The minimum absolute atomic E-state index is 0.207. The third-order valence-corrected chi connectivity index (χ3v) is 5.31. The predicted octanol–water partition coefficient (Wildman–Crippen LogP) is 2.38. The lowest BCUT2D eigenvalue weighted by atomic mass is 10.1. The van der Waals surface area contributed by atoms with Gasteiger partial charge in [0.05, 0.1) is 0 Å². The fourth-order valence-electron chi connectivity index (χ4n) is 3.40. The summed E-state index contributed by atoms with van der Waals surface area (Å²) < 4.78 is 5.29. The molecular formula is C21H37N3O6. The lowest BCUT2D eigenvalue weighted by molar-refractivity contribution is -0.151. The fraction of sp³-hybridized carbons (Fsp3) is 0.810. The van der Waals surface area contributed by atoms with Gasteiger partial charge in [-0.05, 0) is 53.9 Å². The van der Waals surface area contributed by atoms with Crippen molar-refractivity contribution in [2.45, 2.75) is 103 Å². The van der Waals surface area contributed by atoms with E-state index in [0.29, 0.717) is 25.7 Å². The molecule has 0 bridgehead atoms. The normalized spacial score (nSPS) is 21.0. The smallest absolute Gasteiger partial charge is 0.410 e. The van der Waals surface area contributed by atoms with Gasteiger partial charge in [-0.25, -0.2) is 9.59 Å². The van der Waals surface area contributed by atoms with Gasteiger partial charge in [-0.1, -0.05) is 19.8 Å². The summed E-state index contributed by atoms with van der Waals surface area (Å²) in [6, 6.07) is -2.78. The van der Waals surface area contributed by atoms with E-state index in [4.69, 9.17) is 4.74 Å². The fourth-order valence-corrected chi connectivity index (χ4v) is 3.40. The highest BCUT2D eigenvalue weighted by atomic mass is 16.6. The second-order valence-electron chi connectivity index (χ2n) is 9.00. The summed E-state index contributed by atoms with van der Waals surface area (Å²) in [5.41, 5.74) is -0.696. The van der Waals surface area contributed by atoms with Crippen LogP contribution in [0, 0.1) is 0 Å². The Hall–Kier alpha value is -2.32. The Balaban J connectivity index is 2.93. The molecule has 1 aliphatic rings. The molecule has 1 heterocycles. The van der Waals surface area contributed by atoms with Crippen molar-refractivity contribution in [1.29, 1.82) is 0 Å². The van der Waals surface area contributed by atoms with Crippen molar-refractivity contribution in [2.24, 2.45) is 0 Å². The van der Waals surface area contributed by atoms with Crippen molar-refractivity contribution in [2.75, 3.05) is 7.05 Å². The van der Waals surface area contributed by atoms with Gasteiger partial charge in [0, 0.05) is 13.1 Å². The molecule has 9 heteroatoms. The van der Waals surface area contributed by atoms with Crippen LogP contribution < -0.4 is 5.32 Å². The van der Waals surface area contributed by atoms with Gasteiger partial charge < -0.3 is 20.1 Å². The minimum atomic E-state index is -1.04. The molecule has 0 aliphatic carbocycles. The van der Waals surface area contributed by atoms with Crippen LogP contribution in [0.25, 0.3) is 0 Å². The van der Waals surface area contributed by atoms with E-state index in [1.54, 1.807) is 27.7 Å². The molecule has 1 saturated heterocycles. The van der Waals surface area contributed by atoms with Gasteiger partial charge in [-0.3, -0.25) is 14.5 Å². The van der Waals surface area contributed by atoms with Crippen LogP contribution in [-0.2, 0) is 19.1 Å². The molecular weight excluding hydrogens is 390 g/mol. The first-order chi connectivity index (χ1) is 13.8. The zero-order valence-corrected chi connectivity index (χ0v) is 19.2. The third-order valence-electron chi connectivity index (χ3n) is 5.31. The lowest BCUT2D eigenvalue weighted by Crippen LogP contribution is -2.56. The Bertz CT molecular complexity index is 645.